The molecule has 1 aliphatic rings. The highest BCUT2D eigenvalue weighted by atomic mass is 16.5. The zero-order valence-electron chi connectivity index (χ0n) is 11.7. The minimum atomic E-state index is 0.233. The van der Waals surface area contributed by atoms with E-state index in [4.69, 9.17) is 10.5 Å². The molecule has 1 saturated carbocycles. The maximum absolute atomic E-state index is 6.21. The number of aryl methyl sites for hydroxylation is 1. The van der Waals surface area contributed by atoms with E-state index in [-0.39, 0.29) is 6.04 Å². The van der Waals surface area contributed by atoms with Crippen molar-refractivity contribution in [2.45, 2.75) is 31.8 Å². The van der Waals surface area contributed by atoms with Crippen LogP contribution in [0, 0.1) is 5.92 Å². The van der Waals surface area contributed by atoms with E-state index in [1.54, 1.807) is 0 Å². The number of aromatic nitrogens is 1. The number of ether oxygens (including phenoxy) is 1. The molecule has 2 aromatic rings. The SMILES string of the molecule is NC(c1ccn(CCCOc2ccccc2)c1)C1CC1. The number of hydrogen-bond acceptors (Lipinski definition) is 2. The van der Waals surface area contributed by atoms with Crippen LogP contribution in [0.5, 0.6) is 5.75 Å². The maximum Gasteiger partial charge on any atom is 0.119 e. The Morgan fingerprint density at radius 1 is 1.20 bits per heavy atom. The number of nitrogens with zero attached hydrogens (tertiary/aromatic N) is 1. The summed E-state index contributed by atoms with van der Waals surface area (Å²) >= 11 is 0. The van der Waals surface area contributed by atoms with Gasteiger partial charge in [-0.1, -0.05) is 18.2 Å². The lowest BCUT2D eigenvalue weighted by Gasteiger charge is -2.08. The number of hydrogen-bond donors (Lipinski definition) is 1. The Kier molecular flexibility index (Phi) is 4.07. The molecule has 0 bridgehead atoms. The fraction of sp³-hybridized carbons (Fsp3) is 0.412. The van der Waals surface area contributed by atoms with Crippen molar-refractivity contribution in [2.24, 2.45) is 11.7 Å². The van der Waals surface area contributed by atoms with Gasteiger partial charge in [-0.05, 0) is 48.9 Å². The second-order valence-electron chi connectivity index (χ2n) is 5.56. The smallest absolute Gasteiger partial charge is 0.119 e. The average Bonchev–Trinajstić information content (AvgIpc) is 3.23. The van der Waals surface area contributed by atoms with Gasteiger partial charge in [0.1, 0.15) is 5.75 Å². The molecule has 0 spiro atoms. The second kappa shape index (κ2) is 6.14. The van der Waals surface area contributed by atoms with Crippen LogP contribution in [0.25, 0.3) is 0 Å². The van der Waals surface area contributed by atoms with E-state index >= 15 is 0 Å². The second-order valence-corrected chi connectivity index (χ2v) is 5.56. The van der Waals surface area contributed by atoms with Crippen molar-refractivity contribution in [1.29, 1.82) is 0 Å². The third-order valence-electron chi connectivity index (χ3n) is 3.86. The molecule has 20 heavy (non-hydrogen) atoms. The van der Waals surface area contributed by atoms with Gasteiger partial charge in [-0.2, -0.15) is 0 Å². The van der Waals surface area contributed by atoms with Crippen molar-refractivity contribution in [3.05, 3.63) is 54.4 Å². The van der Waals surface area contributed by atoms with Gasteiger partial charge in [0.05, 0.1) is 6.61 Å². The van der Waals surface area contributed by atoms with Crippen molar-refractivity contribution >= 4 is 0 Å². The first kappa shape index (κ1) is 13.3. The van der Waals surface area contributed by atoms with E-state index in [1.165, 1.54) is 18.4 Å². The third-order valence-corrected chi connectivity index (χ3v) is 3.86. The molecule has 3 nitrogen and oxygen atoms in total. The van der Waals surface area contributed by atoms with E-state index in [1.807, 2.05) is 30.3 Å². The molecular weight excluding hydrogens is 248 g/mol. The Labute approximate surface area is 120 Å². The van der Waals surface area contributed by atoms with Crippen LogP contribution in [-0.4, -0.2) is 11.2 Å². The molecule has 2 N–H and O–H groups in total. The van der Waals surface area contributed by atoms with Gasteiger partial charge in [-0.3, -0.25) is 0 Å². The standard InChI is InChI=1S/C17H22N2O/c18-17(14-7-8-14)15-9-11-19(13-15)10-4-12-20-16-5-2-1-3-6-16/h1-3,5-6,9,11,13-14,17H,4,7-8,10,12,18H2. The molecule has 0 saturated heterocycles. The van der Waals surface area contributed by atoms with Gasteiger partial charge in [0, 0.05) is 25.0 Å². The fourth-order valence-electron chi connectivity index (χ4n) is 2.48. The van der Waals surface area contributed by atoms with Crippen molar-refractivity contribution in [1.82, 2.24) is 4.57 Å². The molecule has 1 aliphatic carbocycles. The van der Waals surface area contributed by atoms with Gasteiger partial charge < -0.3 is 15.0 Å². The predicted molar refractivity (Wildman–Crippen MR) is 80.6 cm³/mol. The minimum absolute atomic E-state index is 0.233. The summed E-state index contributed by atoms with van der Waals surface area (Å²) in [4.78, 5) is 0. The van der Waals surface area contributed by atoms with Crippen molar-refractivity contribution in [3.8, 4) is 5.75 Å². The lowest BCUT2D eigenvalue weighted by atomic mass is 10.1. The summed E-state index contributed by atoms with van der Waals surface area (Å²) in [7, 11) is 0. The molecule has 1 unspecified atom stereocenters. The first-order valence-corrected chi connectivity index (χ1v) is 7.42. The predicted octanol–water partition coefficient (Wildman–Crippen LogP) is 3.37. The monoisotopic (exact) mass is 270 g/mol. The summed E-state index contributed by atoms with van der Waals surface area (Å²) in [6.45, 7) is 1.72. The van der Waals surface area contributed by atoms with Crippen LogP contribution in [-0.2, 0) is 6.54 Å². The highest BCUT2D eigenvalue weighted by molar-refractivity contribution is 5.21. The van der Waals surface area contributed by atoms with Crippen LogP contribution < -0.4 is 10.5 Å². The van der Waals surface area contributed by atoms with E-state index in [9.17, 15) is 0 Å². The molecule has 1 aromatic heterocycles. The van der Waals surface area contributed by atoms with Crippen LogP contribution in [0.4, 0.5) is 0 Å². The van der Waals surface area contributed by atoms with Gasteiger partial charge in [0.25, 0.3) is 0 Å². The Morgan fingerprint density at radius 3 is 2.75 bits per heavy atom. The van der Waals surface area contributed by atoms with Crippen molar-refractivity contribution < 1.29 is 4.74 Å². The van der Waals surface area contributed by atoms with Crippen LogP contribution >= 0.6 is 0 Å². The molecule has 1 aromatic carbocycles. The Bertz CT molecular complexity index is 531. The zero-order valence-corrected chi connectivity index (χ0v) is 11.7. The first-order chi connectivity index (χ1) is 9.83. The van der Waals surface area contributed by atoms with Gasteiger partial charge in [0.15, 0.2) is 0 Å². The van der Waals surface area contributed by atoms with Crippen molar-refractivity contribution in [3.63, 3.8) is 0 Å². The minimum Gasteiger partial charge on any atom is -0.494 e. The van der Waals surface area contributed by atoms with Gasteiger partial charge in [-0.25, -0.2) is 0 Å². The van der Waals surface area contributed by atoms with E-state index in [0.717, 1.165) is 25.3 Å². The summed E-state index contributed by atoms with van der Waals surface area (Å²) in [5.41, 5.74) is 7.48. The van der Waals surface area contributed by atoms with Crippen LogP contribution in [0.15, 0.2) is 48.8 Å². The number of para-hydroxylation sites is 1. The summed E-state index contributed by atoms with van der Waals surface area (Å²) in [5, 5.41) is 0. The quantitative estimate of drug-likeness (QED) is 0.784. The highest BCUT2D eigenvalue weighted by Crippen LogP contribution is 2.39. The van der Waals surface area contributed by atoms with Crippen LogP contribution in [0.3, 0.4) is 0 Å². The van der Waals surface area contributed by atoms with Crippen LogP contribution in [0.2, 0.25) is 0 Å². The van der Waals surface area contributed by atoms with E-state index in [2.05, 4.69) is 23.0 Å². The Hall–Kier alpha value is -1.74. The molecule has 106 valence electrons. The van der Waals surface area contributed by atoms with E-state index < -0.39 is 0 Å². The number of rotatable bonds is 7. The highest BCUT2D eigenvalue weighted by Gasteiger charge is 2.29. The van der Waals surface area contributed by atoms with Gasteiger partial charge in [-0.15, -0.1) is 0 Å². The van der Waals surface area contributed by atoms with E-state index in [0.29, 0.717) is 5.92 Å². The molecular formula is C17H22N2O. The fourth-order valence-corrected chi connectivity index (χ4v) is 2.48. The Morgan fingerprint density at radius 2 is 2.00 bits per heavy atom. The summed E-state index contributed by atoms with van der Waals surface area (Å²) < 4.78 is 7.91. The van der Waals surface area contributed by atoms with Crippen LogP contribution in [0.1, 0.15) is 30.9 Å². The van der Waals surface area contributed by atoms with Crippen molar-refractivity contribution in [2.75, 3.05) is 6.61 Å². The molecule has 1 heterocycles. The summed E-state index contributed by atoms with van der Waals surface area (Å²) in [6.07, 6.45) is 7.89. The largest absolute Gasteiger partial charge is 0.494 e. The molecule has 0 amide bonds. The molecule has 1 fully saturated rings. The molecule has 3 heteroatoms. The lowest BCUT2D eigenvalue weighted by Crippen LogP contribution is -2.11. The molecule has 3 rings (SSSR count). The summed E-state index contributed by atoms with van der Waals surface area (Å²) in [5.74, 6) is 1.66. The maximum atomic E-state index is 6.21. The molecule has 0 aliphatic heterocycles. The lowest BCUT2D eigenvalue weighted by molar-refractivity contribution is 0.302. The molecule has 1 atom stereocenters. The third kappa shape index (κ3) is 3.42. The number of benzene rings is 1. The first-order valence-electron chi connectivity index (χ1n) is 7.42. The van der Waals surface area contributed by atoms with Gasteiger partial charge >= 0.3 is 0 Å². The zero-order chi connectivity index (χ0) is 13.8. The normalized spacial score (nSPS) is 16.1. The molecule has 0 radical (unpaired) electrons. The average molecular weight is 270 g/mol. The Balaban J connectivity index is 1.42. The summed E-state index contributed by atoms with van der Waals surface area (Å²) in [6, 6.07) is 12.3. The number of nitrogens with two attached hydrogens (primary N) is 1. The van der Waals surface area contributed by atoms with Gasteiger partial charge in [0.2, 0.25) is 0 Å². The topological polar surface area (TPSA) is 40.2 Å².